The molecular weight excluding hydrogens is 200 g/mol. The first kappa shape index (κ1) is 13.4. The van der Waals surface area contributed by atoms with Crippen molar-refractivity contribution in [2.45, 2.75) is 12.5 Å². The summed E-state index contributed by atoms with van der Waals surface area (Å²) in [5, 5.41) is 19.6. The van der Waals surface area contributed by atoms with Crippen molar-refractivity contribution in [3.8, 4) is 0 Å². The zero-order valence-corrected chi connectivity index (χ0v) is 8.64. The summed E-state index contributed by atoms with van der Waals surface area (Å²) in [6.45, 7) is 3.50. The van der Waals surface area contributed by atoms with Gasteiger partial charge in [0.25, 0.3) is 0 Å². The van der Waals surface area contributed by atoms with Crippen LogP contribution in [0.4, 0.5) is 4.79 Å². The van der Waals surface area contributed by atoms with Gasteiger partial charge in [0.2, 0.25) is 0 Å². The van der Waals surface area contributed by atoms with Gasteiger partial charge in [0.05, 0.1) is 0 Å². The molecule has 15 heavy (non-hydrogen) atoms. The number of aliphatic hydroxyl groups is 1. The molecule has 0 radical (unpaired) electrons. The molecule has 6 nitrogen and oxygen atoms in total. The van der Waals surface area contributed by atoms with Gasteiger partial charge in [0.15, 0.2) is 0 Å². The molecule has 0 unspecified atom stereocenters. The smallest absolute Gasteiger partial charge is 0.326 e. The summed E-state index contributed by atoms with van der Waals surface area (Å²) in [5.41, 5.74) is 0. The molecule has 2 amide bonds. The number of aliphatic carboxylic acids is 1. The van der Waals surface area contributed by atoms with E-state index in [4.69, 9.17) is 10.2 Å². The second-order valence-electron chi connectivity index (χ2n) is 3.02. The van der Waals surface area contributed by atoms with Crippen LogP contribution in [0.5, 0.6) is 0 Å². The van der Waals surface area contributed by atoms with Crippen molar-refractivity contribution >= 4 is 12.0 Å². The van der Waals surface area contributed by atoms with Gasteiger partial charge in [0.1, 0.15) is 6.04 Å². The minimum atomic E-state index is -1.16. The first-order valence-corrected chi connectivity index (χ1v) is 4.49. The third-order valence-corrected chi connectivity index (χ3v) is 1.76. The zero-order valence-electron chi connectivity index (χ0n) is 8.64. The van der Waals surface area contributed by atoms with E-state index >= 15 is 0 Å². The van der Waals surface area contributed by atoms with Crippen molar-refractivity contribution in [3.63, 3.8) is 0 Å². The molecule has 0 aliphatic heterocycles. The number of likely N-dealkylation sites (N-methyl/N-ethyl adjacent to an activating group) is 1. The van der Waals surface area contributed by atoms with Crippen molar-refractivity contribution in [3.05, 3.63) is 12.7 Å². The fourth-order valence-corrected chi connectivity index (χ4v) is 0.922. The van der Waals surface area contributed by atoms with E-state index in [1.165, 1.54) is 18.0 Å². The second-order valence-corrected chi connectivity index (χ2v) is 3.02. The van der Waals surface area contributed by atoms with Crippen molar-refractivity contribution in [1.29, 1.82) is 0 Å². The summed E-state index contributed by atoms with van der Waals surface area (Å²) in [4.78, 5) is 23.3. The van der Waals surface area contributed by atoms with Gasteiger partial charge in [-0.15, -0.1) is 6.58 Å². The molecule has 0 aliphatic carbocycles. The first-order chi connectivity index (χ1) is 7.02. The molecule has 1 atom stereocenters. The molecule has 0 saturated carbocycles. The standard InChI is InChI=1S/C9H16N2O4/c1-3-5-11(2)9(15)10-7(4-6-12)8(13)14/h3,7,12H,1,4-6H2,2H3,(H,10,15)(H,13,14)/t7-/m0/s1. The molecular formula is C9H16N2O4. The number of urea groups is 1. The highest BCUT2D eigenvalue weighted by atomic mass is 16.4. The van der Waals surface area contributed by atoms with Crippen LogP contribution in [0.2, 0.25) is 0 Å². The van der Waals surface area contributed by atoms with Crippen LogP contribution in [-0.2, 0) is 4.79 Å². The van der Waals surface area contributed by atoms with Crippen LogP contribution in [0.15, 0.2) is 12.7 Å². The van der Waals surface area contributed by atoms with E-state index in [1.54, 1.807) is 0 Å². The van der Waals surface area contributed by atoms with Crippen LogP contribution in [0.25, 0.3) is 0 Å². The SMILES string of the molecule is C=CCN(C)C(=O)N[C@@H](CCO)C(=O)O. The third kappa shape index (κ3) is 5.02. The molecule has 0 rings (SSSR count). The zero-order chi connectivity index (χ0) is 11.8. The largest absolute Gasteiger partial charge is 0.480 e. The molecule has 6 heteroatoms. The number of nitrogens with zero attached hydrogens (tertiary/aromatic N) is 1. The molecule has 0 aromatic rings. The Kier molecular flexibility index (Phi) is 6.12. The Bertz CT molecular complexity index is 242. The lowest BCUT2D eigenvalue weighted by Crippen LogP contribution is -2.47. The maximum atomic E-state index is 11.3. The summed E-state index contributed by atoms with van der Waals surface area (Å²) in [6.07, 6.45) is 1.52. The number of nitrogens with one attached hydrogen (secondary N) is 1. The molecule has 0 fully saturated rings. The van der Waals surface area contributed by atoms with E-state index in [2.05, 4.69) is 11.9 Å². The summed E-state index contributed by atoms with van der Waals surface area (Å²) < 4.78 is 0. The van der Waals surface area contributed by atoms with Crippen LogP contribution in [-0.4, -0.2) is 53.4 Å². The lowest BCUT2D eigenvalue weighted by Gasteiger charge is -2.19. The average Bonchev–Trinajstić information content (AvgIpc) is 2.17. The van der Waals surface area contributed by atoms with E-state index < -0.39 is 18.0 Å². The van der Waals surface area contributed by atoms with Crippen molar-refractivity contribution in [2.75, 3.05) is 20.2 Å². The maximum absolute atomic E-state index is 11.3. The minimum absolute atomic E-state index is 0.0109. The highest BCUT2D eigenvalue weighted by molar-refractivity contribution is 5.82. The molecule has 0 aliphatic rings. The van der Waals surface area contributed by atoms with Crippen LogP contribution >= 0.6 is 0 Å². The Hall–Kier alpha value is -1.56. The van der Waals surface area contributed by atoms with E-state index in [0.717, 1.165) is 0 Å². The van der Waals surface area contributed by atoms with Crippen LogP contribution in [0, 0.1) is 0 Å². The third-order valence-electron chi connectivity index (χ3n) is 1.76. The average molecular weight is 216 g/mol. The fraction of sp³-hybridized carbons (Fsp3) is 0.556. The molecule has 0 bridgehead atoms. The van der Waals surface area contributed by atoms with Gasteiger partial charge in [-0.2, -0.15) is 0 Å². The van der Waals surface area contributed by atoms with Crippen molar-refractivity contribution in [1.82, 2.24) is 10.2 Å². The summed E-state index contributed by atoms with van der Waals surface area (Å²) >= 11 is 0. The van der Waals surface area contributed by atoms with Crippen LogP contribution < -0.4 is 5.32 Å². The number of carboxylic acid groups (broad SMARTS) is 1. The normalized spacial score (nSPS) is 11.6. The van der Waals surface area contributed by atoms with Gasteiger partial charge in [0, 0.05) is 26.6 Å². The van der Waals surface area contributed by atoms with Gasteiger partial charge in [-0.3, -0.25) is 0 Å². The molecule has 0 heterocycles. The van der Waals surface area contributed by atoms with E-state index in [0.29, 0.717) is 6.54 Å². The fourth-order valence-electron chi connectivity index (χ4n) is 0.922. The van der Waals surface area contributed by atoms with Crippen LogP contribution in [0.1, 0.15) is 6.42 Å². The number of carboxylic acids is 1. The van der Waals surface area contributed by atoms with Gasteiger partial charge < -0.3 is 20.4 Å². The van der Waals surface area contributed by atoms with E-state index in [9.17, 15) is 9.59 Å². The van der Waals surface area contributed by atoms with E-state index in [1.807, 2.05) is 0 Å². The monoisotopic (exact) mass is 216 g/mol. The highest BCUT2D eigenvalue weighted by Gasteiger charge is 2.20. The Morgan fingerprint density at radius 2 is 2.20 bits per heavy atom. The molecule has 3 N–H and O–H groups in total. The number of carbonyl (C=O) groups excluding carboxylic acids is 1. The highest BCUT2D eigenvalue weighted by Crippen LogP contribution is 1.94. The van der Waals surface area contributed by atoms with Gasteiger partial charge in [-0.25, -0.2) is 9.59 Å². The molecule has 0 saturated heterocycles. The van der Waals surface area contributed by atoms with Crippen LogP contribution in [0.3, 0.4) is 0 Å². The Morgan fingerprint density at radius 3 is 2.60 bits per heavy atom. The topological polar surface area (TPSA) is 89.9 Å². The number of hydrogen-bond donors (Lipinski definition) is 3. The second kappa shape index (κ2) is 6.83. The van der Waals surface area contributed by atoms with Crippen molar-refractivity contribution in [2.24, 2.45) is 0 Å². The molecule has 0 spiro atoms. The number of rotatable bonds is 6. The summed E-state index contributed by atoms with van der Waals surface area (Å²) in [6, 6.07) is -1.56. The predicted molar refractivity (Wildman–Crippen MR) is 54.5 cm³/mol. The van der Waals surface area contributed by atoms with E-state index in [-0.39, 0.29) is 13.0 Å². The van der Waals surface area contributed by atoms with Gasteiger partial charge >= 0.3 is 12.0 Å². The van der Waals surface area contributed by atoms with Gasteiger partial charge in [-0.05, 0) is 0 Å². The Labute approximate surface area is 88.2 Å². The first-order valence-electron chi connectivity index (χ1n) is 4.49. The maximum Gasteiger partial charge on any atom is 0.326 e. The molecule has 0 aromatic carbocycles. The van der Waals surface area contributed by atoms with Gasteiger partial charge in [-0.1, -0.05) is 6.08 Å². The Balaban J connectivity index is 4.21. The molecule has 86 valence electrons. The number of hydrogen-bond acceptors (Lipinski definition) is 3. The lowest BCUT2D eigenvalue weighted by atomic mass is 10.2. The number of aliphatic hydroxyl groups excluding tert-OH is 1. The Morgan fingerprint density at radius 1 is 1.60 bits per heavy atom. The van der Waals surface area contributed by atoms with Crippen molar-refractivity contribution < 1.29 is 19.8 Å². The summed E-state index contributed by atoms with van der Waals surface area (Å²) in [7, 11) is 1.52. The quantitative estimate of drug-likeness (QED) is 0.529. The number of carbonyl (C=O) groups is 2. The summed E-state index contributed by atoms with van der Waals surface area (Å²) in [5.74, 6) is -1.16. The molecule has 0 aromatic heterocycles. The lowest BCUT2D eigenvalue weighted by molar-refractivity contribution is -0.139. The number of amides is 2. The minimum Gasteiger partial charge on any atom is -0.480 e. The predicted octanol–water partition coefficient (Wildman–Crippen LogP) is -0.351.